The highest BCUT2D eigenvalue weighted by Crippen LogP contribution is 2.48. The SMILES string of the molecule is CNC1CC2(NC)CC(C)(NC)C[C@@](NC)(C1)C2. The number of hydrogen-bond donors (Lipinski definition) is 4. The molecule has 2 aliphatic carbocycles. The molecular formula is C14H30N4. The fourth-order valence-electron chi connectivity index (χ4n) is 4.57. The average molecular weight is 254 g/mol. The third kappa shape index (κ3) is 2.31. The van der Waals surface area contributed by atoms with Gasteiger partial charge in [-0.25, -0.2) is 0 Å². The molecule has 0 aromatic carbocycles. The van der Waals surface area contributed by atoms with Gasteiger partial charge in [-0.1, -0.05) is 0 Å². The summed E-state index contributed by atoms with van der Waals surface area (Å²) in [5.41, 5.74) is 0.735. The maximum Gasteiger partial charge on any atom is 0.0228 e. The first-order chi connectivity index (χ1) is 8.44. The first kappa shape index (κ1) is 14.3. The second kappa shape index (κ2) is 4.75. The van der Waals surface area contributed by atoms with Crippen LogP contribution in [0.3, 0.4) is 0 Å². The molecule has 0 amide bonds. The molecule has 0 spiro atoms. The Hall–Kier alpha value is -0.160. The van der Waals surface area contributed by atoms with E-state index in [9.17, 15) is 0 Å². The van der Waals surface area contributed by atoms with Crippen LogP contribution < -0.4 is 21.3 Å². The van der Waals surface area contributed by atoms with Crippen LogP contribution in [-0.2, 0) is 0 Å². The molecule has 0 aromatic rings. The predicted molar refractivity (Wildman–Crippen MR) is 77.0 cm³/mol. The Morgan fingerprint density at radius 3 is 1.61 bits per heavy atom. The first-order valence-corrected chi connectivity index (χ1v) is 7.18. The summed E-state index contributed by atoms with van der Waals surface area (Å²) in [6.07, 6.45) is 6.09. The number of nitrogens with one attached hydrogen (secondary N) is 4. The fourth-order valence-corrected chi connectivity index (χ4v) is 4.57. The van der Waals surface area contributed by atoms with Gasteiger partial charge in [0.25, 0.3) is 0 Å². The van der Waals surface area contributed by atoms with Crippen molar-refractivity contribution in [3.8, 4) is 0 Å². The van der Waals surface area contributed by atoms with Gasteiger partial charge >= 0.3 is 0 Å². The van der Waals surface area contributed by atoms with Crippen molar-refractivity contribution in [3.05, 3.63) is 0 Å². The Labute approximate surface area is 112 Å². The summed E-state index contributed by atoms with van der Waals surface area (Å²) in [5.74, 6) is 0. The van der Waals surface area contributed by atoms with Gasteiger partial charge < -0.3 is 21.3 Å². The Kier molecular flexibility index (Phi) is 3.76. The number of hydrogen-bond acceptors (Lipinski definition) is 4. The summed E-state index contributed by atoms with van der Waals surface area (Å²) in [6.45, 7) is 2.37. The molecule has 4 atom stereocenters. The minimum absolute atomic E-state index is 0.225. The van der Waals surface area contributed by atoms with Gasteiger partial charge in [0.15, 0.2) is 0 Å². The van der Waals surface area contributed by atoms with E-state index in [4.69, 9.17) is 0 Å². The zero-order valence-corrected chi connectivity index (χ0v) is 12.6. The van der Waals surface area contributed by atoms with E-state index in [0.717, 1.165) is 0 Å². The molecule has 0 aromatic heterocycles. The van der Waals surface area contributed by atoms with Gasteiger partial charge in [0, 0.05) is 22.7 Å². The second-order valence-corrected chi connectivity index (χ2v) is 6.80. The van der Waals surface area contributed by atoms with Crippen LogP contribution in [0.5, 0.6) is 0 Å². The molecular weight excluding hydrogens is 224 g/mol. The lowest BCUT2D eigenvalue weighted by molar-refractivity contribution is 0.00890. The molecule has 2 saturated carbocycles. The van der Waals surface area contributed by atoms with Crippen LogP contribution in [-0.4, -0.2) is 50.8 Å². The van der Waals surface area contributed by atoms with Gasteiger partial charge in [-0.3, -0.25) is 0 Å². The second-order valence-electron chi connectivity index (χ2n) is 6.80. The molecule has 2 bridgehead atoms. The predicted octanol–water partition coefficient (Wildman–Crippen LogP) is 0.447. The highest BCUT2D eigenvalue weighted by atomic mass is 15.1. The molecule has 0 aliphatic heterocycles. The quantitative estimate of drug-likeness (QED) is 0.588. The molecule has 2 rings (SSSR count). The van der Waals surface area contributed by atoms with Gasteiger partial charge in [-0.2, -0.15) is 0 Å². The van der Waals surface area contributed by atoms with Crippen LogP contribution in [0, 0.1) is 0 Å². The molecule has 4 heteroatoms. The van der Waals surface area contributed by atoms with Crippen LogP contribution in [0.1, 0.15) is 39.0 Å². The van der Waals surface area contributed by atoms with E-state index in [-0.39, 0.29) is 16.6 Å². The van der Waals surface area contributed by atoms with Gasteiger partial charge in [0.1, 0.15) is 0 Å². The van der Waals surface area contributed by atoms with Crippen LogP contribution in [0.4, 0.5) is 0 Å². The highest BCUT2D eigenvalue weighted by Gasteiger charge is 2.55. The van der Waals surface area contributed by atoms with Crippen molar-refractivity contribution in [2.24, 2.45) is 0 Å². The molecule has 4 nitrogen and oxygen atoms in total. The lowest BCUT2D eigenvalue weighted by Crippen LogP contribution is -2.72. The van der Waals surface area contributed by atoms with Crippen molar-refractivity contribution in [1.29, 1.82) is 0 Å². The number of fused-ring (bicyclic) bond motifs is 2. The van der Waals surface area contributed by atoms with E-state index < -0.39 is 0 Å². The fraction of sp³-hybridized carbons (Fsp3) is 1.00. The number of rotatable bonds is 4. The van der Waals surface area contributed by atoms with Gasteiger partial charge in [0.05, 0.1) is 0 Å². The minimum atomic E-state index is 0.225. The minimum Gasteiger partial charge on any atom is -0.317 e. The van der Waals surface area contributed by atoms with Crippen molar-refractivity contribution < 1.29 is 0 Å². The Morgan fingerprint density at radius 2 is 1.28 bits per heavy atom. The molecule has 0 radical (unpaired) electrons. The molecule has 4 N–H and O–H groups in total. The molecule has 0 heterocycles. The molecule has 18 heavy (non-hydrogen) atoms. The van der Waals surface area contributed by atoms with Crippen molar-refractivity contribution in [2.75, 3.05) is 28.2 Å². The highest BCUT2D eigenvalue weighted by molar-refractivity contribution is 5.17. The molecule has 0 saturated heterocycles. The molecule has 2 aliphatic rings. The topological polar surface area (TPSA) is 48.1 Å². The van der Waals surface area contributed by atoms with Gasteiger partial charge in [0.2, 0.25) is 0 Å². The smallest absolute Gasteiger partial charge is 0.0228 e. The van der Waals surface area contributed by atoms with E-state index >= 15 is 0 Å². The van der Waals surface area contributed by atoms with E-state index in [1.165, 1.54) is 32.1 Å². The lowest BCUT2D eigenvalue weighted by Gasteiger charge is -2.60. The zero-order valence-electron chi connectivity index (χ0n) is 12.6. The molecule has 3 unspecified atom stereocenters. The zero-order chi connectivity index (χ0) is 13.4. The van der Waals surface area contributed by atoms with Gasteiger partial charge in [-0.15, -0.1) is 0 Å². The first-order valence-electron chi connectivity index (χ1n) is 7.18. The Morgan fingerprint density at radius 1 is 0.778 bits per heavy atom. The van der Waals surface area contributed by atoms with E-state index in [2.05, 4.69) is 56.4 Å². The van der Waals surface area contributed by atoms with Crippen molar-refractivity contribution in [2.45, 2.75) is 61.7 Å². The van der Waals surface area contributed by atoms with Crippen molar-refractivity contribution in [1.82, 2.24) is 21.3 Å². The summed E-state index contributed by atoms with van der Waals surface area (Å²) < 4.78 is 0. The monoisotopic (exact) mass is 254 g/mol. The summed E-state index contributed by atoms with van der Waals surface area (Å²) >= 11 is 0. The maximum atomic E-state index is 3.64. The van der Waals surface area contributed by atoms with E-state index in [1.54, 1.807) is 0 Å². The van der Waals surface area contributed by atoms with Crippen LogP contribution in [0.2, 0.25) is 0 Å². The van der Waals surface area contributed by atoms with Crippen LogP contribution in [0.25, 0.3) is 0 Å². The lowest BCUT2D eigenvalue weighted by atomic mass is 9.56. The summed E-state index contributed by atoms with van der Waals surface area (Å²) in [6, 6.07) is 0.611. The van der Waals surface area contributed by atoms with Crippen molar-refractivity contribution in [3.63, 3.8) is 0 Å². The Bertz CT molecular complexity index is 276. The van der Waals surface area contributed by atoms with Crippen LogP contribution >= 0.6 is 0 Å². The maximum absolute atomic E-state index is 3.64. The average Bonchev–Trinajstić information content (AvgIpc) is 2.37. The largest absolute Gasteiger partial charge is 0.317 e. The normalized spacial score (nSPS) is 48.2. The van der Waals surface area contributed by atoms with Crippen molar-refractivity contribution >= 4 is 0 Å². The van der Waals surface area contributed by atoms with Crippen LogP contribution in [0.15, 0.2) is 0 Å². The molecule has 2 fully saturated rings. The summed E-state index contributed by atoms with van der Waals surface area (Å²) in [4.78, 5) is 0. The summed E-state index contributed by atoms with van der Waals surface area (Å²) in [7, 11) is 8.44. The van der Waals surface area contributed by atoms with Gasteiger partial charge in [-0.05, 0) is 67.2 Å². The molecule has 106 valence electrons. The standard InChI is InChI=1S/C14H30N4/c1-12(16-3)8-13(17-4)6-11(15-2)7-14(9-12,10-13)18-5/h11,15-18H,6-10H2,1-5H3/t11?,12?,13-,14?/m0/s1. The summed E-state index contributed by atoms with van der Waals surface area (Å²) in [5, 5.41) is 14.3. The Balaban J connectivity index is 2.33. The van der Waals surface area contributed by atoms with E-state index in [1.807, 2.05) is 0 Å². The third-order valence-electron chi connectivity index (χ3n) is 5.48. The van der Waals surface area contributed by atoms with E-state index in [0.29, 0.717) is 6.04 Å². The third-order valence-corrected chi connectivity index (χ3v) is 5.48.